The van der Waals surface area contributed by atoms with E-state index < -0.39 is 0 Å². The SMILES string of the molecule is CC(C)(C)c1cc(N(c2ccccc2)c2ccccc2)c2c(c1)c1cc(C(C)(C)C)cc3c4c5c6cc7ccccc7c7c8cc9ccccc9c(N(c9ccccc9)c9ccccc9)c8n(c5ccc4n2c13)c67. The van der Waals surface area contributed by atoms with Crippen LogP contribution in [-0.4, -0.2) is 8.80 Å². The van der Waals surface area contributed by atoms with Gasteiger partial charge in [-0.15, -0.1) is 0 Å². The van der Waals surface area contributed by atoms with Crippen LogP contribution in [0.1, 0.15) is 52.7 Å². The molecule has 4 aromatic heterocycles. The molecule has 11 aromatic carbocycles. The summed E-state index contributed by atoms with van der Waals surface area (Å²) >= 11 is 0. The predicted molar refractivity (Wildman–Crippen MR) is 318 cm³/mol. The molecule has 0 saturated carbocycles. The van der Waals surface area contributed by atoms with Crippen LogP contribution in [0.4, 0.5) is 34.1 Å². The minimum Gasteiger partial charge on any atom is -0.308 e. The fraction of sp³-hybridized carbons (Fsp3) is 0.114. The van der Waals surface area contributed by atoms with E-state index in [2.05, 4.69) is 279 Å². The van der Waals surface area contributed by atoms with E-state index in [0.29, 0.717) is 0 Å². The molecule has 0 atom stereocenters. The Kier molecular flexibility index (Phi) is 8.87. The molecule has 74 heavy (non-hydrogen) atoms. The molecule has 0 unspecified atom stereocenters. The van der Waals surface area contributed by atoms with E-state index in [1.807, 2.05) is 0 Å². The second-order valence-electron chi connectivity index (χ2n) is 22.6. The number of aromatic nitrogens is 2. The first kappa shape index (κ1) is 42.8. The van der Waals surface area contributed by atoms with Crippen LogP contribution in [0.3, 0.4) is 0 Å². The highest BCUT2D eigenvalue weighted by Gasteiger charge is 2.32. The third-order valence-corrected chi connectivity index (χ3v) is 16.1. The van der Waals surface area contributed by atoms with Crippen molar-refractivity contribution < 1.29 is 0 Å². The molecule has 15 rings (SSSR count). The number of anilines is 6. The largest absolute Gasteiger partial charge is 0.308 e. The predicted octanol–water partition coefficient (Wildman–Crippen LogP) is 19.8. The molecule has 0 saturated heterocycles. The van der Waals surface area contributed by atoms with Gasteiger partial charge in [0.05, 0.1) is 44.5 Å². The highest BCUT2D eigenvalue weighted by molar-refractivity contribution is 6.40. The average Bonchev–Trinajstić information content (AvgIpc) is 4.26. The van der Waals surface area contributed by atoms with Crippen molar-refractivity contribution in [2.45, 2.75) is 52.4 Å². The van der Waals surface area contributed by atoms with Crippen molar-refractivity contribution in [1.82, 2.24) is 8.80 Å². The summed E-state index contributed by atoms with van der Waals surface area (Å²) < 4.78 is 5.28. The lowest BCUT2D eigenvalue weighted by atomic mass is 9.83. The highest BCUT2D eigenvalue weighted by Crippen LogP contribution is 2.54. The zero-order chi connectivity index (χ0) is 49.8. The second kappa shape index (κ2) is 15.3. The Morgan fingerprint density at radius 2 is 0.689 bits per heavy atom. The van der Waals surface area contributed by atoms with Crippen molar-refractivity contribution >= 4 is 132 Å². The zero-order valence-electron chi connectivity index (χ0n) is 42.6. The summed E-state index contributed by atoms with van der Waals surface area (Å²) in [6, 6.07) is 81.6. The van der Waals surface area contributed by atoms with Crippen LogP contribution in [-0.2, 0) is 10.8 Å². The first-order valence-corrected chi connectivity index (χ1v) is 26.1. The van der Waals surface area contributed by atoms with E-state index in [1.54, 1.807) is 0 Å². The van der Waals surface area contributed by atoms with Crippen LogP contribution < -0.4 is 9.80 Å². The maximum Gasteiger partial charge on any atom is 0.0789 e. The molecule has 0 amide bonds. The van der Waals surface area contributed by atoms with Crippen LogP contribution in [0.2, 0.25) is 0 Å². The van der Waals surface area contributed by atoms with Gasteiger partial charge in [-0.05, 0) is 135 Å². The quantitative estimate of drug-likeness (QED) is 0.165. The summed E-state index contributed by atoms with van der Waals surface area (Å²) in [5, 5.41) is 15.2. The van der Waals surface area contributed by atoms with Gasteiger partial charge in [0.25, 0.3) is 0 Å². The van der Waals surface area contributed by atoms with Crippen LogP contribution in [0, 0.1) is 0 Å². The molecule has 0 radical (unpaired) electrons. The van der Waals surface area contributed by atoms with Crippen molar-refractivity contribution in [3.05, 3.63) is 230 Å². The number of hydrogen-bond donors (Lipinski definition) is 0. The molecule has 0 aliphatic carbocycles. The van der Waals surface area contributed by atoms with Crippen LogP contribution in [0.5, 0.6) is 0 Å². The van der Waals surface area contributed by atoms with Gasteiger partial charge in [-0.3, -0.25) is 0 Å². The zero-order valence-corrected chi connectivity index (χ0v) is 42.6. The molecular formula is C70H54N4. The van der Waals surface area contributed by atoms with Gasteiger partial charge < -0.3 is 18.6 Å². The monoisotopic (exact) mass is 950 g/mol. The first-order chi connectivity index (χ1) is 36.0. The van der Waals surface area contributed by atoms with Crippen LogP contribution in [0.25, 0.3) is 97.7 Å². The minimum atomic E-state index is -0.115. The minimum absolute atomic E-state index is 0.109. The maximum atomic E-state index is 2.65. The maximum absolute atomic E-state index is 2.65. The van der Waals surface area contributed by atoms with Gasteiger partial charge in [0.15, 0.2) is 0 Å². The van der Waals surface area contributed by atoms with Crippen molar-refractivity contribution in [2.75, 3.05) is 9.80 Å². The number of hydrogen-bond acceptors (Lipinski definition) is 2. The lowest BCUT2D eigenvalue weighted by Crippen LogP contribution is -2.15. The normalized spacial score (nSPS) is 12.7. The number of nitrogens with zero attached hydrogens (tertiary/aromatic N) is 4. The van der Waals surface area contributed by atoms with Gasteiger partial charge in [0.1, 0.15) is 0 Å². The fourth-order valence-corrected chi connectivity index (χ4v) is 12.7. The summed E-state index contributed by atoms with van der Waals surface area (Å²) in [5.74, 6) is 0. The lowest BCUT2D eigenvalue weighted by molar-refractivity contribution is 0.591. The van der Waals surface area contributed by atoms with Gasteiger partial charge >= 0.3 is 0 Å². The van der Waals surface area contributed by atoms with E-state index >= 15 is 0 Å². The molecule has 0 aliphatic rings. The third-order valence-electron chi connectivity index (χ3n) is 16.1. The third kappa shape index (κ3) is 5.97. The standard InChI is InChI=1S/C70H54N4/c1-69(2,3)45-39-53-54-40-46(70(4,5)6)42-60(71(47-25-11-7-12-26-47)48-27-13-8-14-28-48)65(54)73-58-35-36-59-62(63(58)57(41-45)64(53)73)56-37-43-23-19-21-33-51(43)61-55-38-44-24-20-22-34-52(44)67(68(55)74(59)66(56)61)72(49-29-15-9-16-30-49)50-31-17-10-18-32-50/h7-42H,1-6H3. The van der Waals surface area contributed by atoms with Crippen molar-refractivity contribution in [1.29, 1.82) is 0 Å². The Morgan fingerprint density at radius 1 is 0.297 bits per heavy atom. The summed E-state index contributed by atoms with van der Waals surface area (Å²) in [6.45, 7) is 14.1. The molecule has 4 nitrogen and oxygen atoms in total. The summed E-state index contributed by atoms with van der Waals surface area (Å²) in [4.78, 5) is 4.98. The Balaban J connectivity index is 1.18. The molecule has 0 N–H and O–H groups in total. The fourth-order valence-electron chi connectivity index (χ4n) is 12.7. The topological polar surface area (TPSA) is 15.3 Å². The van der Waals surface area contributed by atoms with Gasteiger partial charge in [-0.2, -0.15) is 0 Å². The van der Waals surface area contributed by atoms with E-state index in [1.165, 1.54) is 120 Å². The Bertz CT molecular complexity index is 4630. The number of fused-ring (bicyclic) bond motifs is 16. The Hall–Kier alpha value is -8.86. The van der Waals surface area contributed by atoms with Gasteiger partial charge in [-0.25, -0.2) is 0 Å². The molecule has 15 aromatic rings. The van der Waals surface area contributed by atoms with Crippen LogP contribution in [0.15, 0.2) is 218 Å². The average molecular weight is 951 g/mol. The molecule has 4 heteroatoms. The first-order valence-electron chi connectivity index (χ1n) is 26.1. The summed E-state index contributed by atoms with van der Waals surface area (Å²) in [7, 11) is 0. The van der Waals surface area contributed by atoms with E-state index in [9.17, 15) is 0 Å². The number of rotatable bonds is 6. The molecule has 0 fully saturated rings. The molecule has 354 valence electrons. The van der Waals surface area contributed by atoms with Crippen LogP contribution >= 0.6 is 0 Å². The van der Waals surface area contributed by atoms with Gasteiger partial charge in [0, 0.05) is 71.2 Å². The van der Waals surface area contributed by atoms with E-state index in [-0.39, 0.29) is 10.8 Å². The number of benzene rings is 11. The van der Waals surface area contributed by atoms with Crippen molar-refractivity contribution in [3.8, 4) is 0 Å². The van der Waals surface area contributed by atoms with Crippen molar-refractivity contribution in [2.24, 2.45) is 0 Å². The molecule has 4 heterocycles. The summed E-state index contributed by atoms with van der Waals surface area (Å²) in [6.07, 6.45) is 0. The lowest BCUT2D eigenvalue weighted by Gasteiger charge is -2.29. The van der Waals surface area contributed by atoms with Crippen molar-refractivity contribution in [3.63, 3.8) is 0 Å². The molecule has 0 spiro atoms. The van der Waals surface area contributed by atoms with Gasteiger partial charge in [0.2, 0.25) is 0 Å². The van der Waals surface area contributed by atoms with E-state index in [4.69, 9.17) is 0 Å². The molecular weight excluding hydrogens is 897 g/mol. The molecule has 0 aliphatic heterocycles. The van der Waals surface area contributed by atoms with E-state index in [0.717, 1.165) is 22.7 Å². The smallest absolute Gasteiger partial charge is 0.0789 e. The highest BCUT2D eigenvalue weighted by atomic mass is 15.2. The number of para-hydroxylation sites is 4. The molecule has 0 bridgehead atoms. The Labute approximate surface area is 430 Å². The Morgan fingerprint density at radius 3 is 1.22 bits per heavy atom. The summed E-state index contributed by atoms with van der Waals surface area (Å²) in [5.41, 5.74) is 16.6. The second-order valence-corrected chi connectivity index (χ2v) is 22.6. The van der Waals surface area contributed by atoms with Gasteiger partial charge in [-0.1, -0.05) is 163 Å².